The van der Waals surface area contributed by atoms with Crippen LogP contribution in [0.5, 0.6) is 5.75 Å². The fourth-order valence-corrected chi connectivity index (χ4v) is 2.89. The van der Waals surface area contributed by atoms with Gasteiger partial charge in [0.1, 0.15) is 11.6 Å². The summed E-state index contributed by atoms with van der Waals surface area (Å²) in [7, 11) is -1.37. The largest absolute Gasteiger partial charge is 0.494 e. The Hall–Kier alpha value is -2.19. The number of benzene rings is 2. The maximum atomic E-state index is 13.4. The second-order valence-corrected chi connectivity index (χ2v) is 5.86. The van der Waals surface area contributed by atoms with Crippen LogP contribution < -0.4 is 4.74 Å². The second kappa shape index (κ2) is 7.55. The molecular weight excluding hydrogens is 289 g/mol. The van der Waals surface area contributed by atoms with Gasteiger partial charge in [0.2, 0.25) is 0 Å². The van der Waals surface area contributed by atoms with Crippen LogP contribution >= 0.6 is 0 Å². The van der Waals surface area contributed by atoms with Crippen molar-refractivity contribution < 1.29 is 13.3 Å². The lowest BCUT2D eigenvalue weighted by atomic mass is 10.2. The zero-order valence-corrected chi connectivity index (χ0v) is 12.1. The Morgan fingerprint density at radius 1 is 1.19 bits per heavy atom. The Labute approximate surface area is 125 Å². The van der Waals surface area contributed by atoms with Gasteiger partial charge in [0, 0.05) is 5.75 Å². The van der Waals surface area contributed by atoms with Gasteiger partial charge in [-0.25, -0.2) is 4.39 Å². The molecule has 108 valence electrons. The van der Waals surface area contributed by atoms with E-state index >= 15 is 0 Å². The third kappa shape index (κ3) is 4.40. The third-order valence-electron chi connectivity index (χ3n) is 2.79. The number of halogens is 1. The smallest absolute Gasteiger partial charge is 0.139 e. The first-order chi connectivity index (χ1) is 10.2. The number of nitriles is 1. The third-order valence-corrected chi connectivity index (χ3v) is 4.27. The summed E-state index contributed by atoms with van der Waals surface area (Å²) in [5, 5.41) is 8.78. The monoisotopic (exact) mass is 303 g/mol. The number of hydrogen-bond acceptors (Lipinski definition) is 3. The van der Waals surface area contributed by atoms with Gasteiger partial charge in [-0.05, 0) is 36.8 Å². The lowest BCUT2D eigenvalue weighted by Gasteiger charge is -2.07. The summed E-state index contributed by atoms with van der Waals surface area (Å²) in [5.41, 5.74) is 0.530. The van der Waals surface area contributed by atoms with E-state index in [9.17, 15) is 8.60 Å². The van der Waals surface area contributed by atoms with Crippen molar-refractivity contribution in [1.29, 1.82) is 5.26 Å². The number of ether oxygens (including phenoxy) is 1. The van der Waals surface area contributed by atoms with Gasteiger partial charge in [0.05, 0.1) is 33.9 Å². The highest BCUT2D eigenvalue weighted by atomic mass is 32.2. The average molecular weight is 303 g/mol. The van der Waals surface area contributed by atoms with E-state index in [1.807, 2.05) is 6.07 Å². The van der Waals surface area contributed by atoms with Crippen LogP contribution in [-0.4, -0.2) is 16.6 Å². The molecule has 0 aliphatic rings. The molecule has 2 aromatic carbocycles. The van der Waals surface area contributed by atoms with Crippen LogP contribution in [0.2, 0.25) is 0 Å². The predicted molar refractivity (Wildman–Crippen MR) is 78.9 cm³/mol. The SMILES string of the molecule is N#Cc1cccc(OCCCS(=O)c2ccccc2F)c1. The van der Waals surface area contributed by atoms with Gasteiger partial charge in [-0.15, -0.1) is 0 Å². The molecule has 21 heavy (non-hydrogen) atoms. The van der Waals surface area contributed by atoms with Gasteiger partial charge in [-0.1, -0.05) is 18.2 Å². The molecule has 3 nitrogen and oxygen atoms in total. The van der Waals surface area contributed by atoms with Crippen LogP contribution in [0.3, 0.4) is 0 Å². The number of rotatable bonds is 6. The topological polar surface area (TPSA) is 50.1 Å². The van der Waals surface area contributed by atoms with E-state index in [-0.39, 0.29) is 4.90 Å². The molecule has 1 atom stereocenters. The number of nitrogens with zero attached hydrogens (tertiary/aromatic N) is 1. The molecule has 0 aliphatic heterocycles. The Morgan fingerprint density at radius 2 is 2.00 bits per heavy atom. The molecule has 0 radical (unpaired) electrons. The maximum Gasteiger partial charge on any atom is 0.139 e. The van der Waals surface area contributed by atoms with Gasteiger partial charge in [0.15, 0.2) is 0 Å². The Bertz CT molecular complexity index is 682. The first-order valence-electron chi connectivity index (χ1n) is 6.46. The molecule has 0 spiro atoms. The highest BCUT2D eigenvalue weighted by Crippen LogP contribution is 2.14. The predicted octanol–water partition coefficient (Wildman–Crippen LogP) is 3.27. The van der Waals surface area contributed by atoms with Crippen LogP contribution in [0.25, 0.3) is 0 Å². The average Bonchev–Trinajstić information content (AvgIpc) is 2.52. The van der Waals surface area contributed by atoms with Gasteiger partial charge in [-0.3, -0.25) is 4.21 Å². The van der Waals surface area contributed by atoms with Gasteiger partial charge < -0.3 is 4.74 Å². The zero-order chi connectivity index (χ0) is 15.1. The van der Waals surface area contributed by atoms with E-state index in [0.29, 0.717) is 30.1 Å². The summed E-state index contributed by atoms with van der Waals surface area (Å²) in [6, 6.07) is 14.9. The van der Waals surface area contributed by atoms with Crippen LogP contribution in [0.4, 0.5) is 4.39 Å². The van der Waals surface area contributed by atoms with Crippen molar-refractivity contribution in [2.24, 2.45) is 0 Å². The normalized spacial score (nSPS) is 11.6. The molecule has 0 aromatic heterocycles. The van der Waals surface area contributed by atoms with Gasteiger partial charge in [0.25, 0.3) is 0 Å². The standard InChI is InChI=1S/C16H14FNO2S/c17-15-7-1-2-8-16(15)21(19)10-4-9-20-14-6-3-5-13(11-14)12-18/h1-3,5-8,11H,4,9-10H2. The Kier molecular flexibility index (Phi) is 5.47. The first kappa shape index (κ1) is 15.2. The zero-order valence-electron chi connectivity index (χ0n) is 11.3. The van der Waals surface area contributed by atoms with Crippen LogP contribution in [-0.2, 0) is 10.8 Å². The van der Waals surface area contributed by atoms with Crippen LogP contribution in [0.15, 0.2) is 53.4 Å². The van der Waals surface area contributed by atoms with Crippen molar-refractivity contribution in [3.63, 3.8) is 0 Å². The van der Waals surface area contributed by atoms with E-state index in [1.54, 1.807) is 36.4 Å². The van der Waals surface area contributed by atoms with Crippen molar-refractivity contribution in [3.05, 3.63) is 59.9 Å². The van der Waals surface area contributed by atoms with Gasteiger partial charge in [-0.2, -0.15) is 5.26 Å². The molecule has 0 saturated heterocycles. The lowest BCUT2D eigenvalue weighted by Crippen LogP contribution is -2.06. The second-order valence-electron chi connectivity index (χ2n) is 4.32. The summed E-state index contributed by atoms with van der Waals surface area (Å²) in [5.74, 6) is 0.489. The van der Waals surface area contributed by atoms with Crippen molar-refractivity contribution >= 4 is 10.8 Å². The Balaban J connectivity index is 1.81. The summed E-state index contributed by atoms with van der Waals surface area (Å²) in [4.78, 5) is 0.226. The molecule has 2 aromatic rings. The summed E-state index contributed by atoms with van der Waals surface area (Å²) in [6.07, 6.45) is 0.539. The molecule has 0 aliphatic carbocycles. The van der Waals surface area contributed by atoms with E-state index in [4.69, 9.17) is 10.00 Å². The van der Waals surface area contributed by atoms with Gasteiger partial charge >= 0.3 is 0 Å². The molecule has 2 rings (SSSR count). The highest BCUT2D eigenvalue weighted by Gasteiger charge is 2.08. The molecule has 1 unspecified atom stereocenters. The minimum Gasteiger partial charge on any atom is -0.494 e. The fraction of sp³-hybridized carbons (Fsp3) is 0.188. The maximum absolute atomic E-state index is 13.4. The van der Waals surface area contributed by atoms with E-state index in [2.05, 4.69) is 0 Å². The summed E-state index contributed by atoms with van der Waals surface area (Å²) in [6.45, 7) is 0.370. The van der Waals surface area contributed by atoms with Crippen molar-refractivity contribution in [2.45, 2.75) is 11.3 Å². The molecule has 0 heterocycles. The highest BCUT2D eigenvalue weighted by molar-refractivity contribution is 7.85. The summed E-state index contributed by atoms with van der Waals surface area (Å²) < 4.78 is 30.9. The molecule has 0 saturated carbocycles. The molecule has 5 heteroatoms. The van der Waals surface area contributed by atoms with E-state index in [1.165, 1.54) is 12.1 Å². The fourth-order valence-electron chi connectivity index (χ4n) is 1.77. The Morgan fingerprint density at radius 3 is 2.76 bits per heavy atom. The number of hydrogen-bond donors (Lipinski definition) is 0. The van der Waals surface area contributed by atoms with Crippen LogP contribution in [0.1, 0.15) is 12.0 Å². The quantitative estimate of drug-likeness (QED) is 0.770. The molecule has 0 N–H and O–H groups in total. The minimum absolute atomic E-state index is 0.226. The molecule has 0 amide bonds. The minimum atomic E-state index is -1.37. The van der Waals surface area contributed by atoms with E-state index in [0.717, 1.165) is 0 Å². The summed E-state index contributed by atoms with van der Waals surface area (Å²) >= 11 is 0. The molecule has 0 fully saturated rings. The lowest BCUT2D eigenvalue weighted by molar-refractivity contribution is 0.318. The van der Waals surface area contributed by atoms with Crippen molar-refractivity contribution in [3.8, 4) is 11.8 Å². The van der Waals surface area contributed by atoms with Crippen LogP contribution in [0, 0.1) is 17.1 Å². The van der Waals surface area contributed by atoms with Crippen molar-refractivity contribution in [2.75, 3.05) is 12.4 Å². The molecular formula is C16H14FNO2S. The van der Waals surface area contributed by atoms with E-state index < -0.39 is 16.6 Å². The van der Waals surface area contributed by atoms with Crippen molar-refractivity contribution in [1.82, 2.24) is 0 Å². The first-order valence-corrected chi connectivity index (χ1v) is 7.78. The molecule has 0 bridgehead atoms.